The summed E-state index contributed by atoms with van der Waals surface area (Å²) in [5.41, 5.74) is 8.98. The molecule has 0 aromatic heterocycles. The van der Waals surface area contributed by atoms with Gasteiger partial charge in [0.05, 0.1) is 0 Å². The molecule has 4 aromatic carbocycles. The zero-order valence-electron chi connectivity index (χ0n) is 19.5. The van der Waals surface area contributed by atoms with Crippen molar-refractivity contribution < 1.29 is 9.59 Å². The summed E-state index contributed by atoms with van der Waals surface area (Å²) in [6, 6.07) is 38.6. The highest BCUT2D eigenvalue weighted by molar-refractivity contribution is 5.98. The molecule has 1 unspecified atom stereocenters. The van der Waals surface area contributed by atoms with Crippen molar-refractivity contribution in [3.63, 3.8) is 0 Å². The molecular weight excluding hydrogens is 432 g/mol. The van der Waals surface area contributed by atoms with Gasteiger partial charge in [-0.2, -0.15) is 0 Å². The molecule has 1 fully saturated rings. The summed E-state index contributed by atoms with van der Waals surface area (Å²) >= 11 is 0. The van der Waals surface area contributed by atoms with Gasteiger partial charge in [-0.05, 0) is 28.7 Å². The third-order valence-corrected chi connectivity index (χ3v) is 7.15. The summed E-state index contributed by atoms with van der Waals surface area (Å²) in [7, 11) is 0. The smallest absolute Gasteiger partial charge is 0.241 e. The van der Waals surface area contributed by atoms with Crippen molar-refractivity contribution >= 4 is 11.8 Å². The highest BCUT2D eigenvalue weighted by atomic mass is 16.2. The number of primary amides is 1. The normalized spacial score (nSPS) is 15.8. The largest absolute Gasteiger partial charge is 0.368 e. The van der Waals surface area contributed by atoms with Crippen LogP contribution in [0, 0.1) is 0 Å². The van der Waals surface area contributed by atoms with Crippen LogP contribution in [-0.4, -0.2) is 29.3 Å². The van der Waals surface area contributed by atoms with Crippen molar-refractivity contribution in [3.05, 3.63) is 144 Å². The van der Waals surface area contributed by atoms with Crippen molar-refractivity contribution in [3.8, 4) is 0 Å². The van der Waals surface area contributed by atoms with Gasteiger partial charge in [-0.3, -0.25) is 9.59 Å². The number of nitrogens with two attached hydrogens (primary N) is 1. The van der Waals surface area contributed by atoms with E-state index in [9.17, 15) is 9.59 Å². The second-order valence-corrected chi connectivity index (χ2v) is 9.03. The number of carbonyl (C=O) groups is 2. The molecular formula is C31H28N2O2. The van der Waals surface area contributed by atoms with Gasteiger partial charge in [0.2, 0.25) is 11.8 Å². The molecule has 0 bridgehead atoms. The molecule has 1 atom stereocenters. The van der Waals surface area contributed by atoms with Crippen LogP contribution in [0.4, 0.5) is 0 Å². The summed E-state index contributed by atoms with van der Waals surface area (Å²) in [6.07, 6.45) is 0.569. The van der Waals surface area contributed by atoms with E-state index in [1.165, 1.54) is 0 Å². The molecule has 0 saturated carbocycles. The third kappa shape index (κ3) is 4.01. The van der Waals surface area contributed by atoms with Gasteiger partial charge in [-0.15, -0.1) is 0 Å². The van der Waals surface area contributed by atoms with Crippen LogP contribution in [0.15, 0.2) is 121 Å². The van der Waals surface area contributed by atoms with Crippen LogP contribution in [0.2, 0.25) is 0 Å². The van der Waals surface area contributed by atoms with Gasteiger partial charge in [0, 0.05) is 12.5 Å². The van der Waals surface area contributed by atoms with Crippen molar-refractivity contribution in [2.24, 2.45) is 5.73 Å². The zero-order chi connectivity index (χ0) is 24.3. The summed E-state index contributed by atoms with van der Waals surface area (Å²) in [4.78, 5) is 29.3. The number of carbonyl (C=O) groups excluding carboxylic acids is 2. The first kappa shape index (κ1) is 22.6. The monoisotopic (exact) mass is 460 g/mol. The number of likely N-dealkylation sites (tertiary alicyclic amines) is 1. The summed E-state index contributed by atoms with van der Waals surface area (Å²) in [5, 5.41) is 0. The maximum absolute atomic E-state index is 14.5. The maximum Gasteiger partial charge on any atom is 0.241 e. The molecule has 1 aliphatic rings. The fourth-order valence-corrected chi connectivity index (χ4v) is 5.53. The second-order valence-electron chi connectivity index (χ2n) is 9.03. The molecule has 0 spiro atoms. The van der Waals surface area contributed by atoms with Crippen LogP contribution >= 0.6 is 0 Å². The first-order chi connectivity index (χ1) is 17.1. The number of nitrogens with zero attached hydrogens (tertiary/aromatic N) is 1. The molecule has 174 valence electrons. The van der Waals surface area contributed by atoms with E-state index in [4.69, 9.17) is 5.73 Å². The van der Waals surface area contributed by atoms with Gasteiger partial charge in [0.25, 0.3) is 0 Å². The number of hydrogen-bond donors (Lipinski definition) is 1. The third-order valence-electron chi connectivity index (χ3n) is 7.15. The molecule has 2 N–H and O–H groups in total. The lowest BCUT2D eigenvalue weighted by Gasteiger charge is -2.35. The molecule has 0 radical (unpaired) electrons. The Bertz CT molecular complexity index is 1210. The van der Waals surface area contributed by atoms with Crippen molar-refractivity contribution in [1.82, 2.24) is 4.90 Å². The van der Waals surface area contributed by atoms with Gasteiger partial charge in [0.15, 0.2) is 0 Å². The Kier molecular flexibility index (Phi) is 6.19. The van der Waals surface area contributed by atoms with Crippen molar-refractivity contribution in [1.29, 1.82) is 0 Å². The first-order valence-electron chi connectivity index (χ1n) is 11.9. The fraction of sp³-hybridized carbons (Fsp3) is 0.161. The summed E-state index contributed by atoms with van der Waals surface area (Å²) < 4.78 is 0. The van der Waals surface area contributed by atoms with Gasteiger partial charge >= 0.3 is 0 Å². The Labute approximate surface area is 206 Å². The van der Waals surface area contributed by atoms with E-state index in [2.05, 4.69) is 0 Å². The van der Waals surface area contributed by atoms with E-state index in [-0.39, 0.29) is 11.8 Å². The average Bonchev–Trinajstić information content (AvgIpc) is 3.26. The molecule has 4 nitrogen and oxygen atoms in total. The molecule has 1 aliphatic heterocycles. The summed E-state index contributed by atoms with van der Waals surface area (Å²) in [5.74, 6) is -0.968. The number of benzene rings is 4. The van der Waals surface area contributed by atoms with Crippen LogP contribution in [0.3, 0.4) is 0 Å². The lowest BCUT2D eigenvalue weighted by molar-refractivity contribution is -0.139. The number of rotatable bonds is 7. The Morgan fingerprint density at radius 2 is 1.09 bits per heavy atom. The molecule has 2 amide bonds. The molecule has 1 heterocycles. The predicted molar refractivity (Wildman–Crippen MR) is 138 cm³/mol. The van der Waals surface area contributed by atoms with E-state index < -0.39 is 17.4 Å². The zero-order valence-corrected chi connectivity index (χ0v) is 19.5. The number of hydrogen-bond acceptors (Lipinski definition) is 2. The predicted octanol–water partition coefficient (Wildman–Crippen LogP) is 4.89. The standard InChI is InChI=1S/C31H28N2O2/c32-29(34)28(27(23-13-5-1-6-14-23)24-15-7-2-8-16-24)33-22-21-31(30(33)35,25-17-9-3-10-18-25)26-19-11-4-12-20-26/h1-20,27-28H,21-22H2,(H2,32,34). The van der Waals surface area contributed by atoms with Gasteiger partial charge in [-0.1, -0.05) is 121 Å². The first-order valence-corrected chi connectivity index (χ1v) is 11.9. The van der Waals surface area contributed by atoms with Crippen LogP contribution in [0.1, 0.15) is 34.6 Å². The minimum atomic E-state index is -0.867. The fourth-order valence-electron chi connectivity index (χ4n) is 5.53. The minimum Gasteiger partial charge on any atom is -0.368 e. The second kappa shape index (κ2) is 9.59. The Balaban J connectivity index is 1.65. The highest BCUT2D eigenvalue weighted by Gasteiger charge is 2.53. The topological polar surface area (TPSA) is 63.4 Å². The molecule has 4 heteroatoms. The van der Waals surface area contributed by atoms with Gasteiger partial charge in [-0.25, -0.2) is 0 Å². The van der Waals surface area contributed by atoms with E-state index in [1.54, 1.807) is 4.90 Å². The number of amides is 2. The maximum atomic E-state index is 14.5. The Hall–Kier alpha value is -4.18. The molecule has 1 saturated heterocycles. The van der Waals surface area contributed by atoms with E-state index >= 15 is 0 Å². The van der Waals surface area contributed by atoms with Gasteiger partial charge in [0.1, 0.15) is 11.5 Å². The Morgan fingerprint density at radius 3 is 1.49 bits per heavy atom. The van der Waals surface area contributed by atoms with E-state index in [0.29, 0.717) is 13.0 Å². The van der Waals surface area contributed by atoms with Gasteiger partial charge < -0.3 is 10.6 Å². The van der Waals surface area contributed by atoms with Crippen molar-refractivity contribution in [2.45, 2.75) is 23.8 Å². The Morgan fingerprint density at radius 1 is 0.686 bits per heavy atom. The lowest BCUT2D eigenvalue weighted by atomic mass is 9.73. The summed E-state index contributed by atoms with van der Waals surface area (Å²) in [6.45, 7) is 0.437. The minimum absolute atomic E-state index is 0.0874. The van der Waals surface area contributed by atoms with Crippen molar-refractivity contribution in [2.75, 3.05) is 6.54 Å². The molecule has 35 heavy (non-hydrogen) atoms. The quantitative estimate of drug-likeness (QED) is 0.427. The van der Waals surface area contributed by atoms with Crippen LogP contribution in [0.5, 0.6) is 0 Å². The molecule has 0 aliphatic carbocycles. The van der Waals surface area contributed by atoms with E-state index in [1.807, 2.05) is 121 Å². The lowest BCUT2D eigenvalue weighted by Crippen LogP contribution is -2.52. The van der Waals surface area contributed by atoms with E-state index in [0.717, 1.165) is 22.3 Å². The van der Waals surface area contributed by atoms with Crippen LogP contribution in [0.25, 0.3) is 0 Å². The SMILES string of the molecule is NC(=O)C(C(c1ccccc1)c1ccccc1)N1CCC(c2ccccc2)(c2ccccc2)C1=O. The average molecular weight is 461 g/mol. The molecule has 4 aromatic rings. The van der Waals surface area contributed by atoms with Crippen LogP contribution in [-0.2, 0) is 15.0 Å². The van der Waals surface area contributed by atoms with Crippen LogP contribution < -0.4 is 5.73 Å². The molecule has 5 rings (SSSR count). The highest BCUT2D eigenvalue weighted by Crippen LogP contribution is 2.44.